The zero-order chi connectivity index (χ0) is 14.7. The second-order valence-corrected chi connectivity index (χ2v) is 5.29. The van der Waals surface area contributed by atoms with Crippen molar-refractivity contribution in [1.82, 2.24) is 4.90 Å². The molecule has 0 aromatic heterocycles. The molecule has 0 aliphatic carbocycles. The molecule has 2 nitrogen and oxygen atoms in total. The summed E-state index contributed by atoms with van der Waals surface area (Å²) < 4.78 is 13.8. The summed E-state index contributed by atoms with van der Waals surface area (Å²) in [6, 6.07) is 11.8. The molecular formula is C16H17ClFNO. The average molecular weight is 294 g/mol. The molecular weight excluding hydrogens is 277 g/mol. The maximum Gasteiger partial charge on any atom is 0.129 e. The summed E-state index contributed by atoms with van der Waals surface area (Å²) in [6.07, 6.45) is 0. The number of phenols is 1. The van der Waals surface area contributed by atoms with Crippen molar-refractivity contribution < 1.29 is 9.50 Å². The molecule has 0 fully saturated rings. The third-order valence-corrected chi connectivity index (χ3v) is 3.84. The van der Waals surface area contributed by atoms with Crippen molar-refractivity contribution >= 4 is 11.6 Å². The van der Waals surface area contributed by atoms with Gasteiger partial charge in [-0.1, -0.05) is 29.8 Å². The predicted molar refractivity (Wildman–Crippen MR) is 79.4 cm³/mol. The van der Waals surface area contributed by atoms with Gasteiger partial charge in [-0.05, 0) is 43.8 Å². The van der Waals surface area contributed by atoms with Crippen molar-refractivity contribution in [1.29, 1.82) is 0 Å². The van der Waals surface area contributed by atoms with Crippen LogP contribution in [0.5, 0.6) is 5.75 Å². The minimum absolute atomic E-state index is 0.0396. The quantitative estimate of drug-likeness (QED) is 0.904. The summed E-state index contributed by atoms with van der Waals surface area (Å²) >= 11 is 6.04. The van der Waals surface area contributed by atoms with E-state index in [0.717, 1.165) is 5.56 Å². The zero-order valence-corrected chi connectivity index (χ0v) is 12.2. The number of rotatable bonds is 4. The number of phenolic OH excluding ortho intramolecular Hbond substituents is 1. The Labute approximate surface area is 123 Å². The molecule has 1 unspecified atom stereocenters. The Hall–Kier alpha value is -1.58. The summed E-state index contributed by atoms with van der Waals surface area (Å²) in [6.45, 7) is 2.41. The van der Waals surface area contributed by atoms with Gasteiger partial charge in [0, 0.05) is 23.2 Å². The summed E-state index contributed by atoms with van der Waals surface area (Å²) in [4.78, 5) is 1.99. The molecule has 0 aliphatic rings. The predicted octanol–water partition coefficient (Wildman–Crippen LogP) is 4.38. The van der Waals surface area contributed by atoms with Gasteiger partial charge in [0.25, 0.3) is 0 Å². The molecule has 0 spiro atoms. The van der Waals surface area contributed by atoms with Crippen LogP contribution in [0.4, 0.5) is 4.39 Å². The van der Waals surface area contributed by atoms with Crippen LogP contribution in [0.1, 0.15) is 24.1 Å². The minimum Gasteiger partial charge on any atom is -0.508 e. The molecule has 0 amide bonds. The van der Waals surface area contributed by atoms with Crippen LogP contribution in [0.15, 0.2) is 42.5 Å². The fraction of sp³-hybridized carbons (Fsp3) is 0.250. The van der Waals surface area contributed by atoms with E-state index < -0.39 is 0 Å². The summed E-state index contributed by atoms with van der Waals surface area (Å²) in [5, 5.41) is 9.95. The third-order valence-electron chi connectivity index (χ3n) is 3.48. The monoisotopic (exact) mass is 293 g/mol. The van der Waals surface area contributed by atoms with Crippen LogP contribution in [0.3, 0.4) is 0 Å². The van der Waals surface area contributed by atoms with Crippen LogP contribution in [-0.2, 0) is 6.54 Å². The van der Waals surface area contributed by atoms with Gasteiger partial charge in [0.15, 0.2) is 0 Å². The molecule has 0 bridgehead atoms. The van der Waals surface area contributed by atoms with E-state index in [1.54, 1.807) is 30.3 Å². The topological polar surface area (TPSA) is 23.5 Å². The van der Waals surface area contributed by atoms with Crippen LogP contribution in [0.2, 0.25) is 5.02 Å². The van der Waals surface area contributed by atoms with Gasteiger partial charge in [-0.15, -0.1) is 0 Å². The van der Waals surface area contributed by atoms with Crippen LogP contribution in [0.25, 0.3) is 0 Å². The number of aromatic hydroxyl groups is 1. The van der Waals surface area contributed by atoms with E-state index in [2.05, 4.69) is 0 Å². The number of hydrogen-bond donors (Lipinski definition) is 1. The van der Waals surface area contributed by atoms with E-state index in [1.165, 1.54) is 6.07 Å². The van der Waals surface area contributed by atoms with Crippen LogP contribution < -0.4 is 0 Å². The van der Waals surface area contributed by atoms with Gasteiger partial charge < -0.3 is 5.11 Å². The first-order valence-corrected chi connectivity index (χ1v) is 6.79. The van der Waals surface area contributed by atoms with Crippen molar-refractivity contribution in [2.24, 2.45) is 0 Å². The van der Waals surface area contributed by atoms with Crippen molar-refractivity contribution in [3.8, 4) is 5.75 Å². The highest BCUT2D eigenvalue weighted by Crippen LogP contribution is 2.26. The zero-order valence-electron chi connectivity index (χ0n) is 11.5. The maximum atomic E-state index is 13.8. The van der Waals surface area contributed by atoms with E-state index in [1.807, 2.05) is 24.9 Å². The third kappa shape index (κ3) is 3.30. The van der Waals surface area contributed by atoms with E-state index in [4.69, 9.17) is 11.6 Å². The van der Waals surface area contributed by atoms with Gasteiger partial charge in [0.1, 0.15) is 11.6 Å². The van der Waals surface area contributed by atoms with Gasteiger partial charge in [0.2, 0.25) is 0 Å². The molecule has 0 radical (unpaired) electrons. The van der Waals surface area contributed by atoms with Crippen molar-refractivity contribution in [2.45, 2.75) is 19.5 Å². The standard InChI is InChI=1S/C16H17ClFNO/c1-11(12-5-3-6-13(20)9-12)19(2)10-14-15(17)7-4-8-16(14)18/h3-9,11,20H,10H2,1-2H3. The molecule has 1 N–H and O–H groups in total. The largest absolute Gasteiger partial charge is 0.508 e. The molecule has 4 heteroatoms. The molecule has 2 aromatic carbocycles. The second kappa shape index (κ2) is 6.25. The lowest BCUT2D eigenvalue weighted by Crippen LogP contribution is -2.22. The molecule has 0 saturated heterocycles. The fourth-order valence-corrected chi connectivity index (χ4v) is 2.33. The SMILES string of the molecule is CC(c1cccc(O)c1)N(C)Cc1c(F)cccc1Cl. The number of halogens is 2. The lowest BCUT2D eigenvalue weighted by atomic mass is 10.1. The Bertz CT molecular complexity index is 583. The van der Waals surface area contributed by atoms with Crippen molar-refractivity contribution in [2.75, 3.05) is 7.05 Å². The van der Waals surface area contributed by atoms with Crippen molar-refractivity contribution in [3.63, 3.8) is 0 Å². The van der Waals surface area contributed by atoms with Gasteiger partial charge in [-0.25, -0.2) is 4.39 Å². The first-order valence-electron chi connectivity index (χ1n) is 6.41. The molecule has 1 atom stereocenters. The van der Waals surface area contributed by atoms with E-state index in [-0.39, 0.29) is 17.6 Å². The number of hydrogen-bond acceptors (Lipinski definition) is 2. The highest BCUT2D eigenvalue weighted by Gasteiger charge is 2.16. The molecule has 0 saturated carbocycles. The molecule has 0 aliphatic heterocycles. The Morgan fingerprint density at radius 3 is 2.60 bits per heavy atom. The smallest absolute Gasteiger partial charge is 0.129 e. The lowest BCUT2D eigenvalue weighted by molar-refractivity contribution is 0.249. The minimum atomic E-state index is -0.299. The van der Waals surface area contributed by atoms with Gasteiger partial charge >= 0.3 is 0 Å². The number of nitrogens with zero attached hydrogens (tertiary/aromatic N) is 1. The Balaban J connectivity index is 2.17. The molecule has 0 heterocycles. The maximum absolute atomic E-state index is 13.8. The first kappa shape index (κ1) is 14.8. The van der Waals surface area contributed by atoms with Gasteiger partial charge in [-0.2, -0.15) is 0 Å². The second-order valence-electron chi connectivity index (χ2n) is 4.89. The van der Waals surface area contributed by atoms with E-state index in [0.29, 0.717) is 17.1 Å². The molecule has 2 aromatic rings. The summed E-state index contributed by atoms with van der Waals surface area (Å²) in [5.41, 5.74) is 1.46. The fourth-order valence-electron chi connectivity index (χ4n) is 2.11. The van der Waals surface area contributed by atoms with E-state index in [9.17, 15) is 9.50 Å². The average Bonchev–Trinajstić information content (AvgIpc) is 2.42. The van der Waals surface area contributed by atoms with Crippen LogP contribution >= 0.6 is 11.6 Å². The summed E-state index contributed by atoms with van der Waals surface area (Å²) in [5.74, 6) is -0.0702. The lowest BCUT2D eigenvalue weighted by Gasteiger charge is -2.25. The molecule has 106 valence electrons. The summed E-state index contributed by atoms with van der Waals surface area (Å²) in [7, 11) is 1.90. The first-order chi connectivity index (χ1) is 9.49. The highest BCUT2D eigenvalue weighted by atomic mass is 35.5. The van der Waals surface area contributed by atoms with Crippen LogP contribution in [-0.4, -0.2) is 17.1 Å². The van der Waals surface area contributed by atoms with Crippen molar-refractivity contribution in [3.05, 3.63) is 64.4 Å². The van der Waals surface area contributed by atoms with Gasteiger partial charge in [-0.3, -0.25) is 4.90 Å². The number of benzene rings is 2. The van der Waals surface area contributed by atoms with Gasteiger partial charge in [0.05, 0.1) is 0 Å². The van der Waals surface area contributed by atoms with Crippen LogP contribution in [0, 0.1) is 5.82 Å². The highest BCUT2D eigenvalue weighted by molar-refractivity contribution is 6.31. The Morgan fingerprint density at radius 1 is 1.25 bits per heavy atom. The Kier molecular flexibility index (Phi) is 4.63. The molecule has 20 heavy (non-hydrogen) atoms. The Morgan fingerprint density at radius 2 is 1.95 bits per heavy atom. The van der Waals surface area contributed by atoms with E-state index >= 15 is 0 Å². The normalized spacial score (nSPS) is 12.7. The molecule has 2 rings (SSSR count).